The van der Waals surface area contributed by atoms with Gasteiger partial charge in [-0.05, 0) is 43.4 Å². The van der Waals surface area contributed by atoms with E-state index in [2.05, 4.69) is 59.6 Å². The lowest BCUT2D eigenvalue weighted by Gasteiger charge is -2.11. The van der Waals surface area contributed by atoms with Crippen molar-refractivity contribution in [2.75, 3.05) is 17.2 Å². The topological polar surface area (TPSA) is 62.7 Å². The molecule has 2 aromatic rings. The Kier molecular flexibility index (Phi) is 5.09. The molecule has 0 aliphatic heterocycles. The van der Waals surface area contributed by atoms with E-state index in [0.29, 0.717) is 11.9 Å². The highest BCUT2D eigenvalue weighted by Crippen LogP contribution is 2.21. The lowest BCUT2D eigenvalue weighted by atomic mass is 10.1. The lowest BCUT2D eigenvalue weighted by Crippen LogP contribution is -2.08. The maximum absolute atomic E-state index is 4.44. The molecular formula is C16H23N5. The minimum absolute atomic E-state index is 0.512. The van der Waals surface area contributed by atoms with Gasteiger partial charge in [-0.15, -0.1) is 5.10 Å². The van der Waals surface area contributed by atoms with Crippen molar-refractivity contribution in [2.45, 2.75) is 34.1 Å². The van der Waals surface area contributed by atoms with Crippen molar-refractivity contribution in [3.63, 3.8) is 0 Å². The van der Waals surface area contributed by atoms with Crippen LogP contribution in [0.1, 0.15) is 31.4 Å². The van der Waals surface area contributed by atoms with Crippen LogP contribution in [0.5, 0.6) is 0 Å². The molecule has 21 heavy (non-hydrogen) atoms. The highest BCUT2D eigenvalue weighted by molar-refractivity contribution is 5.60. The average Bonchev–Trinajstić information content (AvgIpc) is 2.44. The smallest absolute Gasteiger partial charge is 0.249 e. The Morgan fingerprint density at radius 2 is 2.00 bits per heavy atom. The van der Waals surface area contributed by atoms with E-state index in [0.717, 1.165) is 24.5 Å². The molecule has 1 aromatic heterocycles. The van der Waals surface area contributed by atoms with Crippen molar-refractivity contribution >= 4 is 17.5 Å². The molecule has 0 saturated carbocycles. The second-order valence-corrected chi connectivity index (χ2v) is 5.65. The summed E-state index contributed by atoms with van der Waals surface area (Å²) in [6.45, 7) is 9.46. The molecular weight excluding hydrogens is 262 g/mol. The minimum Gasteiger partial charge on any atom is -0.369 e. The third-order valence-electron chi connectivity index (χ3n) is 3.44. The molecule has 0 saturated heterocycles. The van der Waals surface area contributed by atoms with Crippen LogP contribution >= 0.6 is 0 Å². The summed E-state index contributed by atoms with van der Waals surface area (Å²) in [5.74, 6) is 1.93. The van der Waals surface area contributed by atoms with E-state index in [1.807, 2.05) is 12.1 Å². The molecule has 0 fully saturated rings. The third kappa shape index (κ3) is 4.41. The molecule has 5 nitrogen and oxygen atoms in total. The molecule has 0 bridgehead atoms. The van der Waals surface area contributed by atoms with Crippen LogP contribution in [0.2, 0.25) is 0 Å². The molecule has 112 valence electrons. The number of benzene rings is 1. The normalized spacial score (nSPS) is 10.7. The molecule has 0 spiro atoms. The minimum atomic E-state index is 0.512. The first kappa shape index (κ1) is 15.2. The van der Waals surface area contributed by atoms with Crippen LogP contribution in [0, 0.1) is 19.8 Å². The molecule has 0 unspecified atom stereocenters. The molecule has 2 N–H and O–H groups in total. The van der Waals surface area contributed by atoms with Gasteiger partial charge in [-0.2, -0.15) is 10.1 Å². The fourth-order valence-corrected chi connectivity index (χ4v) is 1.94. The van der Waals surface area contributed by atoms with E-state index < -0.39 is 0 Å². The molecule has 1 aromatic carbocycles. The summed E-state index contributed by atoms with van der Waals surface area (Å²) < 4.78 is 0. The fraction of sp³-hybridized carbons (Fsp3) is 0.438. The summed E-state index contributed by atoms with van der Waals surface area (Å²) in [4.78, 5) is 4.44. The summed E-state index contributed by atoms with van der Waals surface area (Å²) in [5.41, 5.74) is 3.44. The predicted octanol–water partition coefficient (Wildman–Crippen LogP) is 3.69. The molecule has 2 rings (SSSR count). The van der Waals surface area contributed by atoms with Gasteiger partial charge in [0.15, 0.2) is 5.82 Å². The second kappa shape index (κ2) is 7.02. The maximum atomic E-state index is 4.44. The van der Waals surface area contributed by atoms with Crippen LogP contribution in [-0.4, -0.2) is 21.7 Å². The van der Waals surface area contributed by atoms with Crippen molar-refractivity contribution in [3.8, 4) is 0 Å². The Morgan fingerprint density at radius 3 is 2.76 bits per heavy atom. The number of hydrogen-bond acceptors (Lipinski definition) is 5. The molecule has 0 radical (unpaired) electrons. The first-order chi connectivity index (χ1) is 10.1. The Labute approximate surface area is 126 Å². The monoisotopic (exact) mass is 285 g/mol. The van der Waals surface area contributed by atoms with Gasteiger partial charge in [-0.3, -0.25) is 0 Å². The van der Waals surface area contributed by atoms with Crippen LogP contribution in [0.15, 0.2) is 24.4 Å². The van der Waals surface area contributed by atoms with Crippen LogP contribution in [0.3, 0.4) is 0 Å². The maximum Gasteiger partial charge on any atom is 0.249 e. The standard InChI is InChI=1S/C16H23N5/c1-11(2)8-9-17-15-10-18-21-16(20-15)19-14-7-5-6-12(3)13(14)4/h5-7,10-11H,8-9H2,1-4H3,(H2,17,19,20,21). The Balaban J connectivity index is 2.05. The lowest BCUT2D eigenvalue weighted by molar-refractivity contribution is 0.606. The van der Waals surface area contributed by atoms with E-state index in [1.54, 1.807) is 6.20 Å². The largest absolute Gasteiger partial charge is 0.369 e. The van der Waals surface area contributed by atoms with E-state index >= 15 is 0 Å². The zero-order chi connectivity index (χ0) is 15.2. The first-order valence-electron chi connectivity index (χ1n) is 7.33. The van der Waals surface area contributed by atoms with Crippen molar-refractivity contribution in [1.82, 2.24) is 15.2 Å². The average molecular weight is 285 g/mol. The number of aryl methyl sites for hydroxylation is 1. The predicted molar refractivity (Wildman–Crippen MR) is 87.0 cm³/mol. The number of rotatable bonds is 6. The van der Waals surface area contributed by atoms with Crippen molar-refractivity contribution in [3.05, 3.63) is 35.5 Å². The first-order valence-corrected chi connectivity index (χ1v) is 7.33. The Morgan fingerprint density at radius 1 is 1.19 bits per heavy atom. The van der Waals surface area contributed by atoms with Gasteiger partial charge in [0.05, 0.1) is 6.20 Å². The van der Waals surface area contributed by atoms with Crippen LogP contribution < -0.4 is 10.6 Å². The molecule has 0 amide bonds. The Hall–Kier alpha value is -2.17. The highest BCUT2D eigenvalue weighted by atomic mass is 15.3. The van der Waals surface area contributed by atoms with Crippen molar-refractivity contribution in [1.29, 1.82) is 0 Å². The highest BCUT2D eigenvalue weighted by Gasteiger charge is 2.05. The van der Waals surface area contributed by atoms with Crippen molar-refractivity contribution in [2.24, 2.45) is 5.92 Å². The van der Waals surface area contributed by atoms with Gasteiger partial charge in [0, 0.05) is 12.2 Å². The number of anilines is 3. The van der Waals surface area contributed by atoms with Crippen molar-refractivity contribution < 1.29 is 0 Å². The third-order valence-corrected chi connectivity index (χ3v) is 3.44. The quantitative estimate of drug-likeness (QED) is 0.847. The van der Waals surface area contributed by atoms with Crippen LogP contribution in [0.25, 0.3) is 0 Å². The van der Waals surface area contributed by atoms with Gasteiger partial charge >= 0.3 is 0 Å². The van der Waals surface area contributed by atoms with E-state index in [4.69, 9.17) is 0 Å². The van der Waals surface area contributed by atoms with Gasteiger partial charge in [-0.1, -0.05) is 26.0 Å². The van der Waals surface area contributed by atoms with Crippen LogP contribution in [0.4, 0.5) is 17.5 Å². The van der Waals surface area contributed by atoms with E-state index in [-0.39, 0.29) is 0 Å². The van der Waals surface area contributed by atoms with Gasteiger partial charge in [0.1, 0.15) is 0 Å². The molecule has 0 aliphatic rings. The molecule has 0 aliphatic carbocycles. The van der Waals surface area contributed by atoms with Gasteiger partial charge in [-0.25, -0.2) is 0 Å². The number of nitrogens with one attached hydrogen (secondary N) is 2. The molecule has 0 atom stereocenters. The van der Waals surface area contributed by atoms with E-state index in [9.17, 15) is 0 Å². The SMILES string of the molecule is Cc1cccc(Nc2nncc(NCCC(C)C)n2)c1C. The summed E-state index contributed by atoms with van der Waals surface area (Å²) in [6.07, 6.45) is 2.75. The fourth-order valence-electron chi connectivity index (χ4n) is 1.94. The number of nitrogens with zero attached hydrogens (tertiary/aromatic N) is 3. The second-order valence-electron chi connectivity index (χ2n) is 5.65. The van der Waals surface area contributed by atoms with Gasteiger partial charge in [0.25, 0.3) is 0 Å². The Bertz CT molecular complexity index is 595. The van der Waals surface area contributed by atoms with Gasteiger partial charge < -0.3 is 10.6 Å². The number of hydrogen-bond donors (Lipinski definition) is 2. The van der Waals surface area contributed by atoms with E-state index in [1.165, 1.54) is 11.1 Å². The summed E-state index contributed by atoms with van der Waals surface area (Å²) in [6, 6.07) is 6.12. The summed E-state index contributed by atoms with van der Waals surface area (Å²) in [5, 5.41) is 14.5. The molecule has 1 heterocycles. The van der Waals surface area contributed by atoms with Gasteiger partial charge in [0.2, 0.25) is 5.95 Å². The van der Waals surface area contributed by atoms with Crippen LogP contribution in [-0.2, 0) is 0 Å². The summed E-state index contributed by atoms with van der Waals surface area (Å²) in [7, 11) is 0. The summed E-state index contributed by atoms with van der Waals surface area (Å²) >= 11 is 0. The molecule has 5 heteroatoms. The zero-order valence-corrected chi connectivity index (χ0v) is 13.1. The zero-order valence-electron chi connectivity index (χ0n) is 13.1. The number of aromatic nitrogens is 3.